The Morgan fingerprint density at radius 1 is 1.09 bits per heavy atom. The Kier molecular flexibility index (Phi) is 5.85. The van der Waals surface area contributed by atoms with E-state index < -0.39 is 11.9 Å². The summed E-state index contributed by atoms with van der Waals surface area (Å²) in [4.78, 5) is 41.8. The lowest BCUT2D eigenvalue weighted by Crippen LogP contribution is -2.24. The van der Waals surface area contributed by atoms with Crippen LogP contribution in [0.25, 0.3) is 0 Å². The minimum absolute atomic E-state index is 0.228. The van der Waals surface area contributed by atoms with Gasteiger partial charge in [0.15, 0.2) is 5.78 Å². The van der Waals surface area contributed by atoms with E-state index in [1.54, 1.807) is 18.3 Å². The fraction of sp³-hybridized carbons (Fsp3) is 0.111. The van der Waals surface area contributed by atoms with E-state index in [0.717, 1.165) is 11.3 Å². The molecular weight excluding hydrogens is 446 g/mol. The van der Waals surface area contributed by atoms with E-state index in [1.165, 1.54) is 6.21 Å². The van der Waals surface area contributed by atoms with Crippen LogP contribution in [0.4, 0.5) is 11.4 Å². The highest BCUT2D eigenvalue weighted by molar-refractivity contribution is 6.33. The third-order valence-electron chi connectivity index (χ3n) is 5.95. The number of nitrogens with zero attached hydrogens (tertiary/aromatic N) is 2. The van der Waals surface area contributed by atoms with Gasteiger partial charge in [0.05, 0.1) is 29.9 Å². The monoisotopic (exact) mass is 467 g/mol. The van der Waals surface area contributed by atoms with Crippen molar-refractivity contribution in [2.75, 3.05) is 10.2 Å². The number of carboxylic acids is 1. The van der Waals surface area contributed by atoms with Crippen LogP contribution in [0.15, 0.2) is 83.6 Å². The quantitative estimate of drug-likeness (QED) is 0.479. The molecule has 1 unspecified atom stereocenters. The van der Waals surface area contributed by atoms with E-state index in [-0.39, 0.29) is 12.2 Å². The van der Waals surface area contributed by atoms with Crippen LogP contribution in [0.5, 0.6) is 11.5 Å². The molecule has 5 rings (SSSR count). The summed E-state index contributed by atoms with van der Waals surface area (Å²) in [6, 6.07) is 20.6. The lowest BCUT2D eigenvalue weighted by Gasteiger charge is -2.23. The summed E-state index contributed by atoms with van der Waals surface area (Å²) < 4.78 is 5.97. The summed E-state index contributed by atoms with van der Waals surface area (Å²) in [5, 5.41) is 12.0. The number of ether oxygens (including phenoxy) is 1. The first kappa shape index (κ1) is 22.1. The Labute approximate surface area is 201 Å². The number of hydrogen-bond donors (Lipinski definition) is 2. The third-order valence-corrected chi connectivity index (χ3v) is 5.95. The van der Waals surface area contributed by atoms with Gasteiger partial charge in [0.2, 0.25) is 6.41 Å². The summed E-state index contributed by atoms with van der Waals surface area (Å²) >= 11 is 0. The highest BCUT2D eigenvalue weighted by atomic mass is 16.5. The first-order chi connectivity index (χ1) is 17.0. The van der Waals surface area contributed by atoms with Gasteiger partial charge >= 0.3 is 5.97 Å². The van der Waals surface area contributed by atoms with Crippen molar-refractivity contribution in [1.29, 1.82) is 0 Å². The van der Waals surface area contributed by atoms with Crippen LogP contribution in [-0.4, -0.2) is 29.5 Å². The number of carbonyl (C=O) groups is 3. The van der Waals surface area contributed by atoms with Crippen molar-refractivity contribution >= 4 is 35.8 Å². The van der Waals surface area contributed by atoms with Crippen molar-refractivity contribution in [3.63, 3.8) is 0 Å². The van der Waals surface area contributed by atoms with Crippen LogP contribution in [0.1, 0.15) is 22.6 Å². The van der Waals surface area contributed by atoms with Gasteiger partial charge in [-0.3, -0.25) is 19.4 Å². The smallest absolute Gasteiger partial charge is 0.307 e. The predicted molar refractivity (Wildman–Crippen MR) is 131 cm³/mol. The number of aliphatic carboxylic acids is 1. The molecule has 174 valence electrons. The van der Waals surface area contributed by atoms with Crippen molar-refractivity contribution < 1.29 is 24.2 Å². The van der Waals surface area contributed by atoms with E-state index in [9.17, 15) is 19.5 Å². The van der Waals surface area contributed by atoms with Crippen molar-refractivity contribution in [1.82, 2.24) is 0 Å². The molecule has 0 saturated carbocycles. The molecule has 0 radical (unpaired) electrons. The van der Waals surface area contributed by atoms with Gasteiger partial charge in [-0.25, -0.2) is 0 Å². The minimum Gasteiger partial charge on any atom is -0.481 e. The van der Waals surface area contributed by atoms with E-state index in [0.29, 0.717) is 46.9 Å². The normalized spacial score (nSPS) is 15.8. The molecule has 0 spiro atoms. The maximum absolute atomic E-state index is 12.9. The number of carboxylic acid groups (broad SMARTS) is 1. The molecule has 0 bridgehead atoms. The van der Waals surface area contributed by atoms with E-state index in [1.807, 2.05) is 59.5 Å². The Morgan fingerprint density at radius 3 is 2.66 bits per heavy atom. The molecule has 0 aliphatic carbocycles. The Balaban J connectivity index is 1.54. The highest BCUT2D eigenvalue weighted by Crippen LogP contribution is 2.50. The molecule has 35 heavy (non-hydrogen) atoms. The van der Waals surface area contributed by atoms with Gasteiger partial charge in [-0.15, -0.1) is 0 Å². The number of ketones is 1. The number of fused-ring (bicyclic) bond motifs is 3. The number of amides is 1. The number of Topliss-reactive ketones (excluding diaryl/α,β-unsaturated/α-hetero) is 1. The first-order valence-electron chi connectivity index (χ1n) is 11.0. The zero-order valence-electron chi connectivity index (χ0n) is 18.5. The van der Waals surface area contributed by atoms with Crippen LogP contribution in [-0.2, 0) is 27.3 Å². The zero-order valence-corrected chi connectivity index (χ0v) is 18.5. The summed E-state index contributed by atoms with van der Waals surface area (Å²) in [5.41, 5.74) is 3.68. The molecule has 0 saturated heterocycles. The summed E-state index contributed by atoms with van der Waals surface area (Å²) in [6.07, 6.45) is 3.11. The number of nitrogens with one attached hydrogen (secondary N) is 1. The number of anilines is 2. The number of allylic oxidation sites excluding steroid dienone is 1. The van der Waals surface area contributed by atoms with Crippen LogP contribution in [0.3, 0.4) is 0 Å². The van der Waals surface area contributed by atoms with Crippen molar-refractivity contribution in [3.05, 3.63) is 95.3 Å². The Morgan fingerprint density at radius 2 is 1.89 bits per heavy atom. The van der Waals surface area contributed by atoms with Gasteiger partial charge in [-0.05, 0) is 41.5 Å². The van der Waals surface area contributed by atoms with E-state index in [2.05, 4.69) is 10.3 Å². The average molecular weight is 467 g/mol. The maximum Gasteiger partial charge on any atom is 0.307 e. The largest absolute Gasteiger partial charge is 0.481 e. The van der Waals surface area contributed by atoms with Crippen LogP contribution >= 0.6 is 0 Å². The lowest BCUT2D eigenvalue weighted by molar-refractivity contribution is -0.136. The van der Waals surface area contributed by atoms with Gasteiger partial charge in [-0.2, -0.15) is 0 Å². The summed E-state index contributed by atoms with van der Waals surface area (Å²) in [6.45, 7) is 0.420. The predicted octanol–water partition coefficient (Wildman–Crippen LogP) is 4.27. The molecule has 3 aromatic carbocycles. The lowest BCUT2D eigenvalue weighted by atomic mass is 9.90. The molecule has 0 aromatic heterocycles. The van der Waals surface area contributed by atoms with Crippen molar-refractivity contribution in [2.45, 2.75) is 18.9 Å². The molecule has 1 amide bonds. The minimum atomic E-state index is -1.03. The van der Waals surface area contributed by atoms with Gasteiger partial charge in [0, 0.05) is 24.0 Å². The topological polar surface area (TPSA) is 108 Å². The molecule has 8 nitrogen and oxygen atoms in total. The summed E-state index contributed by atoms with van der Waals surface area (Å²) in [7, 11) is 0. The first-order valence-corrected chi connectivity index (χ1v) is 11.0. The molecule has 8 heteroatoms. The fourth-order valence-electron chi connectivity index (χ4n) is 4.55. The van der Waals surface area contributed by atoms with Gasteiger partial charge in [0.25, 0.3) is 0 Å². The van der Waals surface area contributed by atoms with E-state index >= 15 is 0 Å². The summed E-state index contributed by atoms with van der Waals surface area (Å²) in [5.74, 6) is -0.536. The number of benzene rings is 3. The number of aliphatic imine (C=N–C) groups is 1. The third kappa shape index (κ3) is 4.29. The number of rotatable bonds is 8. The van der Waals surface area contributed by atoms with Gasteiger partial charge in [0.1, 0.15) is 11.5 Å². The second kappa shape index (κ2) is 9.26. The second-order valence-electron chi connectivity index (χ2n) is 8.18. The zero-order chi connectivity index (χ0) is 24.4. The maximum atomic E-state index is 12.9. The molecule has 2 N–H and O–H groups in total. The van der Waals surface area contributed by atoms with Gasteiger partial charge in [-0.1, -0.05) is 36.4 Å². The molecule has 2 aliphatic heterocycles. The van der Waals surface area contributed by atoms with Crippen LogP contribution in [0, 0.1) is 0 Å². The van der Waals surface area contributed by atoms with Crippen LogP contribution < -0.4 is 15.0 Å². The molecule has 0 fully saturated rings. The second-order valence-corrected chi connectivity index (χ2v) is 8.18. The SMILES string of the molecule is O=CNc1c(CC(=O)O)ccc2c1C1C(=O)C=NC=C1N2Cc1cccc(Oc2ccccc2)c1. The Bertz CT molecular complexity index is 1380. The molecule has 2 heterocycles. The van der Waals surface area contributed by atoms with Crippen molar-refractivity contribution in [2.24, 2.45) is 4.99 Å². The molecule has 1 atom stereocenters. The number of hydrogen-bond acceptors (Lipinski definition) is 6. The van der Waals surface area contributed by atoms with Gasteiger partial charge < -0.3 is 20.1 Å². The highest BCUT2D eigenvalue weighted by Gasteiger charge is 2.41. The molecule has 2 aliphatic rings. The van der Waals surface area contributed by atoms with Crippen molar-refractivity contribution in [3.8, 4) is 11.5 Å². The van der Waals surface area contributed by atoms with E-state index in [4.69, 9.17) is 4.74 Å². The number of carbonyl (C=O) groups excluding carboxylic acids is 2. The fourth-order valence-corrected chi connectivity index (χ4v) is 4.55. The molecular formula is C27H21N3O5. The van der Waals surface area contributed by atoms with Crippen LogP contribution in [0.2, 0.25) is 0 Å². The average Bonchev–Trinajstić information content (AvgIpc) is 3.16. The standard InChI is InChI=1S/C27H21N3O5/c31-16-29-27-18(12-24(33)34)9-10-21-26(27)25-22(13-28-14-23(25)32)30(21)15-17-5-4-8-20(11-17)35-19-6-2-1-3-7-19/h1-11,13-14,16,25H,12,15H2,(H,29,31)(H,33,34). The Hall–Kier alpha value is -4.72. The number of para-hydroxylation sites is 1. The molecule has 3 aromatic rings.